The molecule has 3 aromatic rings. The van der Waals surface area contributed by atoms with Crippen LogP contribution in [0.25, 0.3) is 0 Å². The number of methoxy groups -OCH3 is 1. The molecule has 0 aliphatic carbocycles. The number of carbonyl (C=O) groups excluding carboxylic acids is 1. The third-order valence-corrected chi connectivity index (χ3v) is 5.63. The van der Waals surface area contributed by atoms with Gasteiger partial charge in [-0.2, -0.15) is 0 Å². The smallest absolute Gasteiger partial charge is 0.264 e. The number of ether oxygens (including phenoxy) is 2. The number of hydrogen-bond acceptors (Lipinski definition) is 6. The monoisotopic (exact) mass is 409 g/mol. The van der Waals surface area contributed by atoms with Crippen molar-refractivity contribution in [2.45, 2.75) is 19.5 Å². The van der Waals surface area contributed by atoms with Crippen LogP contribution in [-0.2, 0) is 24.3 Å². The van der Waals surface area contributed by atoms with Gasteiger partial charge >= 0.3 is 0 Å². The van der Waals surface area contributed by atoms with Gasteiger partial charge in [0.1, 0.15) is 11.5 Å². The van der Waals surface area contributed by atoms with Gasteiger partial charge in [-0.1, -0.05) is 24.3 Å². The lowest BCUT2D eigenvalue weighted by Crippen LogP contribution is -2.30. The highest BCUT2D eigenvalue weighted by molar-refractivity contribution is 7.13. The van der Waals surface area contributed by atoms with Crippen molar-refractivity contribution in [1.29, 1.82) is 0 Å². The number of nitrogens with one attached hydrogen (secondary N) is 1. The number of amides is 1. The van der Waals surface area contributed by atoms with E-state index in [0.717, 1.165) is 37.5 Å². The average Bonchev–Trinajstić information content (AvgIpc) is 3.19. The zero-order valence-corrected chi connectivity index (χ0v) is 17.1. The second-order valence-corrected chi connectivity index (χ2v) is 7.74. The number of nitrogens with zero attached hydrogens (tertiary/aromatic N) is 2. The van der Waals surface area contributed by atoms with Crippen molar-refractivity contribution in [2.75, 3.05) is 25.6 Å². The minimum atomic E-state index is -0.228. The first-order valence-corrected chi connectivity index (χ1v) is 10.4. The average molecular weight is 410 g/mol. The van der Waals surface area contributed by atoms with Crippen molar-refractivity contribution < 1.29 is 14.3 Å². The van der Waals surface area contributed by atoms with Crippen LogP contribution in [0.4, 0.5) is 5.13 Å². The van der Waals surface area contributed by atoms with Gasteiger partial charge in [-0.25, -0.2) is 4.98 Å². The molecule has 0 saturated carbocycles. The molecule has 0 saturated heterocycles. The Labute approximate surface area is 174 Å². The van der Waals surface area contributed by atoms with E-state index in [2.05, 4.69) is 39.5 Å². The fourth-order valence-corrected chi connectivity index (χ4v) is 4.05. The van der Waals surface area contributed by atoms with Crippen molar-refractivity contribution >= 4 is 22.4 Å². The molecule has 29 heavy (non-hydrogen) atoms. The Morgan fingerprint density at radius 1 is 1.14 bits per heavy atom. The van der Waals surface area contributed by atoms with E-state index in [1.54, 1.807) is 31.4 Å². The van der Waals surface area contributed by atoms with Gasteiger partial charge < -0.3 is 9.47 Å². The van der Waals surface area contributed by atoms with E-state index >= 15 is 0 Å². The van der Waals surface area contributed by atoms with Crippen LogP contribution in [0.3, 0.4) is 0 Å². The van der Waals surface area contributed by atoms with Crippen molar-refractivity contribution in [3.05, 3.63) is 70.7 Å². The van der Waals surface area contributed by atoms with Gasteiger partial charge in [0.2, 0.25) is 0 Å². The molecule has 150 valence electrons. The highest BCUT2D eigenvalue weighted by atomic mass is 32.1. The van der Waals surface area contributed by atoms with E-state index in [1.807, 2.05) is 5.38 Å². The summed E-state index contributed by atoms with van der Waals surface area (Å²) in [5.41, 5.74) is 3.80. The second kappa shape index (κ2) is 9.07. The maximum absolute atomic E-state index is 12.1. The van der Waals surface area contributed by atoms with Gasteiger partial charge in [-0.15, -0.1) is 11.3 Å². The Kier molecular flexibility index (Phi) is 6.07. The zero-order valence-electron chi connectivity index (χ0n) is 16.3. The number of thiazole rings is 1. The Bertz CT molecular complexity index is 971. The van der Waals surface area contributed by atoms with Crippen LogP contribution in [0.5, 0.6) is 11.5 Å². The van der Waals surface area contributed by atoms with Gasteiger partial charge in [-0.3, -0.25) is 15.0 Å². The van der Waals surface area contributed by atoms with Crippen LogP contribution in [-0.4, -0.2) is 36.1 Å². The molecule has 1 amide bonds. The molecule has 0 radical (unpaired) electrons. The van der Waals surface area contributed by atoms with Gasteiger partial charge in [0, 0.05) is 25.0 Å². The molecule has 0 spiro atoms. The fraction of sp³-hybridized carbons (Fsp3) is 0.273. The zero-order chi connectivity index (χ0) is 20.1. The Balaban J connectivity index is 1.26. The summed E-state index contributed by atoms with van der Waals surface area (Å²) in [5, 5.41) is 5.41. The molecule has 0 atom stereocenters. The van der Waals surface area contributed by atoms with Gasteiger partial charge in [0.15, 0.2) is 11.7 Å². The third-order valence-electron chi connectivity index (χ3n) is 4.82. The van der Waals surface area contributed by atoms with E-state index in [0.29, 0.717) is 10.9 Å². The summed E-state index contributed by atoms with van der Waals surface area (Å²) in [5.74, 6) is 1.13. The highest BCUT2D eigenvalue weighted by Crippen LogP contribution is 2.22. The maximum atomic E-state index is 12.1. The van der Waals surface area contributed by atoms with Crippen LogP contribution in [0.2, 0.25) is 0 Å². The van der Waals surface area contributed by atoms with Crippen LogP contribution in [0, 0.1) is 0 Å². The molecular formula is C22H23N3O3S. The first-order valence-electron chi connectivity index (χ1n) is 9.50. The molecule has 0 bridgehead atoms. The first kappa shape index (κ1) is 19.4. The second-order valence-electron chi connectivity index (χ2n) is 6.89. The number of hydrogen-bond donors (Lipinski definition) is 1. The van der Waals surface area contributed by atoms with Crippen molar-refractivity contribution in [3.8, 4) is 11.5 Å². The summed E-state index contributed by atoms with van der Waals surface area (Å²) in [6, 6.07) is 15.7. The van der Waals surface area contributed by atoms with Gasteiger partial charge in [-0.05, 0) is 41.8 Å². The number of carbonyl (C=O) groups is 1. The summed E-state index contributed by atoms with van der Waals surface area (Å²) < 4.78 is 10.6. The third kappa shape index (κ3) is 5.13. The number of fused-ring (bicyclic) bond motifs is 1. The van der Waals surface area contributed by atoms with Gasteiger partial charge in [0.25, 0.3) is 5.91 Å². The topological polar surface area (TPSA) is 63.7 Å². The van der Waals surface area contributed by atoms with E-state index in [-0.39, 0.29) is 12.5 Å². The molecule has 1 aliphatic rings. The SMILES string of the molecule is COc1ccc(OCC(=O)Nc2nc(CN3CCc4ccccc4C3)cs2)cc1. The predicted molar refractivity (Wildman–Crippen MR) is 113 cm³/mol. The first-order chi connectivity index (χ1) is 14.2. The molecule has 0 unspecified atom stereocenters. The minimum Gasteiger partial charge on any atom is -0.497 e. The Morgan fingerprint density at radius 2 is 1.90 bits per heavy atom. The van der Waals surface area contributed by atoms with Crippen molar-refractivity contribution in [1.82, 2.24) is 9.88 Å². The molecule has 1 aromatic heterocycles. The van der Waals surface area contributed by atoms with E-state index in [4.69, 9.17) is 9.47 Å². The molecule has 2 aromatic carbocycles. The number of aromatic nitrogens is 1. The molecule has 1 N–H and O–H groups in total. The van der Waals surface area contributed by atoms with Gasteiger partial charge in [0.05, 0.1) is 12.8 Å². The molecule has 7 heteroatoms. The summed E-state index contributed by atoms with van der Waals surface area (Å²) in [4.78, 5) is 19.1. The lowest BCUT2D eigenvalue weighted by molar-refractivity contribution is -0.118. The predicted octanol–water partition coefficient (Wildman–Crippen LogP) is 3.73. The van der Waals surface area contributed by atoms with Crippen LogP contribution in [0.15, 0.2) is 53.9 Å². The molecule has 1 aliphatic heterocycles. The van der Waals surface area contributed by atoms with Crippen LogP contribution >= 0.6 is 11.3 Å². The normalized spacial score (nSPS) is 13.6. The molecule has 6 nitrogen and oxygen atoms in total. The molecule has 4 rings (SSSR count). The number of benzene rings is 2. The van der Waals surface area contributed by atoms with Crippen molar-refractivity contribution in [2.24, 2.45) is 0 Å². The summed E-state index contributed by atoms with van der Waals surface area (Å²) in [6.07, 6.45) is 1.06. The lowest BCUT2D eigenvalue weighted by atomic mass is 10.00. The fourth-order valence-electron chi connectivity index (χ4n) is 3.33. The molecule has 2 heterocycles. The van der Waals surface area contributed by atoms with E-state index in [1.165, 1.54) is 22.5 Å². The Morgan fingerprint density at radius 3 is 2.69 bits per heavy atom. The lowest BCUT2D eigenvalue weighted by Gasteiger charge is -2.27. The number of anilines is 1. The molecule has 0 fully saturated rings. The summed E-state index contributed by atoms with van der Waals surface area (Å²) in [7, 11) is 1.61. The van der Waals surface area contributed by atoms with E-state index in [9.17, 15) is 4.79 Å². The summed E-state index contributed by atoms with van der Waals surface area (Å²) >= 11 is 1.44. The quantitative estimate of drug-likeness (QED) is 0.644. The Hall–Kier alpha value is -2.90. The highest BCUT2D eigenvalue weighted by Gasteiger charge is 2.17. The maximum Gasteiger partial charge on any atom is 0.264 e. The number of rotatable bonds is 7. The van der Waals surface area contributed by atoms with Crippen molar-refractivity contribution in [3.63, 3.8) is 0 Å². The van der Waals surface area contributed by atoms with Crippen LogP contribution in [0.1, 0.15) is 16.8 Å². The minimum absolute atomic E-state index is 0.0653. The standard InChI is InChI=1S/C22H23N3O3S/c1-27-19-6-8-20(9-7-19)28-14-21(26)24-22-23-18(15-29-22)13-25-11-10-16-4-2-3-5-17(16)12-25/h2-9,15H,10-14H2,1H3,(H,23,24,26). The van der Waals surface area contributed by atoms with E-state index < -0.39 is 0 Å². The summed E-state index contributed by atoms with van der Waals surface area (Å²) in [6.45, 7) is 2.67. The molecular weight excluding hydrogens is 386 g/mol. The van der Waals surface area contributed by atoms with Crippen LogP contribution < -0.4 is 14.8 Å². The largest absolute Gasteiger partial charge is 0.497 e.